The lowest BCUT2D eigenvalue weighted by molar-refractivity contribution is 0.482. The lowest BCUT2D eigenvalue weighted by atomic mass is 9.93. The molecule has 9 aromatic carbocycles. The first kappa shape index (κ1) is 26.9. The maximum Gasteiger partial charge on any atom is 0.159 e. The van der Waals surface area contributed by atoms with Crippen LogP contribution in [0.15, 0.2) is 164 Å². The molecule has 0 unspecified atom stereocenters. The molecule has 0 spiro atoms. The number of fused-ring (bicyclic) bond motifs is 13. The number of benzene rings is 9. The molecule has 49 heavy (non-hydrogen) atoms. The molecule has 0 saturated carbocycles. The highest BCUT2D eigenvalue weighted by Gasteiger charge is 2.28. The van der Waals surface area contributed by atoms with Gasteiger partial charge in [0.1, 0.15) is 0 Å². The first-order valence-electron chi connectivity index (χ1n) is 16.7. The topological polar surface area (TPSA) is 12.5 Å². The summed E-state index contributed by atoms with van der Waals surface area (Å²) in [5.41, 5.74) is 5.52. The molecule has 1 aromatic heterocycles. The summed E-state index contributed by atoms with van der Waals surface area (Å²) >= 11 is 1.85. The van der Waals surface area contributed by atoms with E-state index >= 15 is 0 Å². The van der Waals surface area contributed by atoms with Crippen LogP contribution >= 0.6 is 11.3 Å². The van der Waals surface area contributed by atoms with E-state index in [1.807, 2.05) is 11.3 Å². The van der Waals surface area contributed by atoms with Gasteiger partial charge in [0, 0.05) is 31.2 Å². The third kappa shape index (κ3) is 3.94. The van der Waals surface area contributed by atoms with Gasteiger partial charge in [0.05, 0.1) is 11.4 Å². The van der Waals surface area contributed by atoms with Crippen LogP contribution in [0.4, 0.5) is 17.1 Å². The second-order valence-electron chi connectivity index (χ2n) is 12.9. The molecule has 2 nitrogen and oxygen atoms in total. The summed E-state index contributed by atoms with van der Waals surface area (Å²) < 4.78 is 9.45. The number of rotatable bonds is 2. The van der Waals surface area contributed by atoms with E-state index in [1.54, 1.807) is 0 Å². The number of ether oxygens (including phenoxy) is 1. The maximum absolute atomic E-state index is 6.82. The van der Waals surface area contributed by atoms with Crippen LogP contribution < -0.4 is 9.64 Å². The van der Waals surface area contributed by atoms with Crippen molar-refractivity contribution >= 4 is 91.7 Å². The Labute approximate surface area is 286 Å². The summed E-state index contributed by atoms with van der Waals surface area (Å²) in [5, 5.41) is 12.5. The van der Waals surface area contributed by atoms with Gasteiger partial charge in [-0.3, -0.25) is 0 Å². The molecule has 0 amide bonds. The van der Waals surface area contributed by atoms with Gasteiger partial charge in [0.15, 0.2) is 11.5 Å². The Balaban J connectivity index is 1.16. The van der Waals surface area contributed by atoms with Gasteiger partial charge >= 0.3 is 0 Å². The molecule has 0 atom stereocenters. The zero-order chi connectivity index (χ0) is 32.1. The van der Waals surface area contributed by atoms with Gasteiger partial charge in [0.25, 0.3) is 0 Å². The Hall–Kier alpha value is -6.16. The van der Waals surface area contributed by atoms with Crippen LogP contribution in [0.2, 0.25) is 0 Å². The largest absolute Gasteiger partial charge is 0.452 e. The molecule has 1 aliphatic heterocycles. The molecule has 11 rings (SSSR count). The van der Waals surface area contributed by atoms with Crippen molar-refractivity contribution < 1.29 is 4.74 Å². The molecular weight excluding hydrogens is 615 g/mol. The van der Waals surface area contributed by atoms with Crippen LogP contribution in [0.1, 0.15) is 0 Å². The van der Waals surface area contributed by atoms with Gasteiger partial charge in [-0.15, -0.1) is 11.3 Å². The predicted molar refractivity (Wildman–Crippen MR) is 210 cm³/mol. The van der Waals surface area contributed by atoms with Crippen molar-refractivity contribution in [3.05, 3.63) is 164 Å². The lowest BCUT2D eigenvalue weighted by Gasteiger charge is -2.34. The van der Waals surface area contributed by atoms with E-state index in [4.69, 9.17) is 4.74 Å². The molecule has 0 saturated heterocycles. The van der Waals surface area contributed by atoms with Gasteiger partial charge < -0.3 is 9.64 Å². The number of nitrogens with zero attached hydrogens (tertiary/aromatic N) is 1. The quantitative estimate of drug-likeness (QED) is 0.174. The van der Waals surface area contributed by atoms with Crippen molar-refractivity contribution in [3.63, 3.8) is 0 Å². The minimum Gasteiger partial charge on any atom is -0.452 e. The zero-order valence-electron chi connectivity index (χ0n) is 26.4. The predicted octanol–water partition coefficient (Wildman–Crippen LogP) is 13.9. The van der Waals surface area contributed by atoms with Gasteiger partial charge in [-0.25, -0.2) is 0 Å². The Morgan fingerprint density at radius 1 is 0.388 bits per heavy atom. The van der Waals surface area contributed by atoms with E-state index < -0.39 is 0 Å². The van der Waals surface area contributed by atoms with Crippen LogP contribution in [0.3, 0.4) is 0 Å². The highest BCUT2D eigenvalue weighted by atomic mass is 32.1. The minimum absolute atomic E-state index is 0.845. The molecule has 10 aromatic rings. The van der Waals surface area contributed by atoms with E-state index in [0.29, 0.717) is 0 Å². The molecule has 0 N–H and O–H groups in total. The van der Waals surface area contributed by atoms with E-state index in [-0.39, 0.29) is 0 Å². The Morgan fingerprint density at radius 3 is 1.80 bits per heavy atom. The van der Waals surface area contributed by atoms with E-state index in [0.717, 1.165) is 44.9 Å². The van der Waals surface area contributed by atoms with Crippen LogP contribution in [0, 0.1) is 0 Å². The van der Waals surface area contributed by atoms with Crippen molar-refractivity contribution in [1.29, 1.82) is 0 Å². The summed E-state index contributed by atoms with van der Waals surface area (Å²) in [6.07, 6.45) is 0. The van der Waals surface area contributed by atoms with E-state index in [2.05, 4.69) is 169 Å². The Kier molecular flexibility index (Phi) is 5.57. The Morgan fingerprint density at radius 2 is 1.00 bits per heavy atom. The van der Waals surface area contributed by atoms with E-state index in [9.17, 15) is 0 Å². The minimum atomic E-state index is 0.845. The molecule has 0 radical (unpaired) electrons. The number of hydrogen-bond acceptors (Lipinski definition) is 3. The maximum atomic E-state index is 6.82. The lowest BCUT2D eigenvalue weighted by Crippen LogP contribution is -2.16. The molecule has 0 bridgehead atoms. The molecule has 228 valence electrons. The molecule has 1 aliphatic rings. The average Bonchev–Trinajstić information content (AvgIpc) is 3.55. The SMILES string of the molecule is c1ccc2c3c(ccc2c1)N(c1ccc2c4ccccc4c4ccccc4c2c1)c1cc(-c2ccc4sc5ccccc5c4c2)ccc1O3. The highest BCUT2D eigenvalue weighted by Crippen LogP contribution is 2.54. The van der Waals surface area contributed by atoms with Crippen molar-refractivity contribution in [2.45, 2.75) is 0 Å². The second-order valence-corrected chi connectivity index (χ2v) is 14.0. The van der Waals surface area contributed by atoms with Crippen molar-refractivity contribution in [2.75, 3.05) is 4.90 Å². The summed E-state index contributed by atoms with van der Waals surface area (Å²) in [7, 11) is 0. The molecule has 0 fully saturated rings. The van der Waals surface area contributed by atoms with E-state index in [1.165, 1.54) is 58.1 Å². The molecule has 2 heterocycles. The summed E-state index contributed by atoms with van der Waals surface area (Å²) in [6, 6.07) is 59.6. The number of thiophene rings is 1. The zero-order valence-corrected chi connectivity index (χ0v) is 27.2. The van der Waals surface area contributed by atoms with Gasteiger partial charge in [-0.1, -0.05) is 115 Å². The highest BCUT2D eigenvalue weighted by molar-refractivity contribution is 7.25. The fourth-order valence-electron chi connectivity index (χ4n) is 7.93. The fourth-order valence-corrected chi connectivity index (χ4v) is 9.02. The molecule has 0 aliphatic carbocycles. The monoisotopic (exact) mass is 641 g/mol. The Bertz CT molecular complexity index is 2960. The van der Waals surface area contributed by atoms with Crippen LogP contribution in [-0.2, 0) is 0 Å². The van der Waals surface area contributed by atoms with Crippen molar-refractivity contribution in [2.24, 2.45) is 0 Å². The number of anilines is 3. The van der Waals surface area contributed by atoms with Crippen LogP contribution in [-0.4, -0.2) is 0 Å². The summed E-state index contributed by atoms with van der Waals surface area (Å²) in [5.74, 6) is 1.73. The standard InChI is InChI=1S/C46H27NOS/c1-2-10-32-28(9-1)17-22-41-46(32)48-43-23-18-30(29-19-24-45-40(25-29)38-15-7-8-16-44(38)49-45)26-42(43)47(41)31-20-21-37-35-13-4-3-11-33(35)34-12-5-6-14-36(34)39(37)27-31/h1-27H. The average molecular weight is 642 g/mol. The third-order valence-electron chi connectivity index (χ3n) is 10.2. The van der Waals surface area contributed by atoms with Crippen molar-refractivity contribution in [3.8, 4) is 22.6 Å². The van der Waals surface area contributed by atoms with Gasteiger partial charge in [-0.2, -0.15) is 0 Å². The van der Waals surface area contributed by atoms with Crippen molar-refractivity contribution in [1.82, 2.24) is 0 Å². The molecular formula is C46H27NOS. The smallest absolute Gasteiger partial charge is 0.159 e. The number of hydrogen-bond donors (Lipinski definition) is 0. The summed E-state index contributed by atoms with van der Waals surface area (Å²) in [4.78, 5) is 2.39. The van der Waals surface area contributed by atoms with Gasteiger partial charge in [-0.05, 0) is 97.4 Å². The second kappa shape index (κ2) is 10.2. The first-order chi connectivity index (χ1) is 24.3. The third-order valence-corrected chi connectivity index (χ3v) is 11.4. The van der Waals surface area contributed by atoms with Crippen LogP contribution in [0.5, 0.6) is 11.5 Å². The fraction of sp³-hybridized carbons (Fsp3) is 0. The first-order valence-corrected chi connectivity index (χ1v) is 17.5. The summed E-state index contributed by atoms with van der Waals surface area (Å²) in [6.45, 7) is 0. The van der Waals surface area contributed by atoms with Gasteiger partial charge in [0.2, 0.25) is 0 Å². The molecule has 3 heteroatoms. The van der Waals surface area contributed by atoms with Crippen LogP contribution in [0.25, 0.3) is 74.4 Å². The normalized spacial score (nSPS) is 12.6.